The van der Waals surface area contributed by atoms with Gasteiger partial charge in [0.2, 0.25) is 0 Å². The lowest BCUT2D eigenvalue weighted by atomic mass is 10.2. The van der Waals surface area contributed by atoms with Crippen molar-refractivity contribution in [1.29, 1.82) is 0 Å². The Balaban J connectivity index is 2.36. The summed E-state index contributed by atoms with van der Waals surface area (Å²) in [5, 5.41) is 4.55. The average molecular weight is 302 g/mol. The van der Waals surface area contributed by atoms with Crippen LogP contribution >= 0.6 is 34.8 Å². The van der Waals surface area contributed by atoms with E-state index in [0.29, 0.717) is 26.4 Å². The van der Waals surface area contributed by atoms with E-state index < -0.39 is 0 Å². The molecule has 2 aromatic rings. The van der Waals surface area contributed by atoms with Gasteiger partial charge in [-0.2, -0.15) is 0 Å². The predicted molar refractivity (Wildman–Crippen MR) is 80.3 cm³/mol. The molecule has 2 nitrogen and oxygen atoms in total. The summed E-state index contributed by atoms with van der Waals surface area (Å²) in [5.74, 6) is 0. The van der Waals surface area contributed by atoms with Crippen LogP contribution in [-0.2, 0) is 0 Å². The summed E-state index contributed by atoms with van der Waals surface area (Å²) in [6.07, 6.45) is 0. The summed E-state index contributed by atoms with van der Waals surface area (Å²) in [6, 6.07) is 8.97. The quantitative estimate of drug-likeness (QED) is 0.585. The Morgan fingerprint density at radius 2 is 1.56 bits per heavy atom. The number of hydrogen-bond acceptors (Lipinski definition) is 2. The van der Waals surface area contributed by atoms with Gasteiger partial charge in [0.15, 0.2) is 0 Å². The van der Waals surface area contributed by atoms with Crippen LogP contribution in [0, 0.1) is 6.92 Å². The first-order chi connectivity index (χ1) is 8.45. The fraction of sp³-hybridized carbons (Fsp3) is 0.0769. The first kappa shape index (κ1) is 13.3. The van der Waals surface area contributed by atoms with E-state index in [-0.39, 0.29) is 0 Å². The van der Waals surface area contributed by atoms with Crippen molar-refractivity contribution in [3.05, 3.63) is 51.0 Å². The normalized spacial score (nSPS) is 10.4. The fourth-order valence-electron chi connectivity index (χ4n) is 1.66. The molecule has 0 unspecified atom stereocenters. The maximum absolute atomic E-state index is 6.09. The number of rotatable bonds is 2. The molecule has 2 aromatic carbocycles. The van der Waals surface area contributed by atoms with Crippen molar-refractivity contribution >= 4 is 51.9 Å². The van der Waals surface area contributed by atoms with Gasteiger partial charge in [0, 0.05) is 11.4 Å². The fourth-order valence-corrected chi connectivity index (χ4v) is 2.25. The second kappa shape index (κ2) is 5.27. The molecule has 5 heteroatoms. The third kappa shape index (κ3) is 3.02. The summed E-state index contributed by atoms with van der Waals surface area (Å²) in [4.78, 5) is 0. The molecule has 0 aliphatic carbocycles. The Labute approximate surface area is 121 Å². The molecular weight excluding hydrogens is 291 g/mol. The molecule has 0 radical (unpaired) electrons. The smallest absolute Gasteiger partial charge is 0.0656 e. The van der Waals surface area contributed by atoms with Crippen molar-refractivity contribution in [3.63, 3.8) is 0 Å². The van der Waals surface area contributed by atoms with Crippen LogP contribution in [0.2, 0.25) is 15.1 Å². The Bertz CT molecular complexity index is 577. The van der Waals surface area contributed by atoms with E-state index in [1.807, 2.05) is 25.1 Å². The number of halogens is 3. The standard InChI is InChI=1S/C13H11Cl3N2/c1-7-2-8(17)4-9(3-7)18-13-6-11(15)10(14)5-12(13)16/h2-6,18H,17H2,1H3. The highest BCUT2D eigenvalue weighted by molar-refractivity contribution is 6.44. The Hall–Kier alpha value is -1.09. The van der Waals surface area contributed by atoms with Crippen LogP contribution in [0.25, 0.3) is 0 Å². The highest BCUT2D eigenvalue weighted by atomic mass is 35.5. The molecule has 94 valence electrons. The van der Waals surface area contributed by atoms with Gasteiger partial charge >= 0.3 is 0 Å². The van der Waals surface area contributed by atoms with E-state index in [4.69, 9.17) is 40.5 Å². The number of aryl methyl sites for hydroxylation is 1. The Kier molecular flexibility index (Phi) is 3.91. The molecule has 2 rings (SSSR count). The van der Waals surface area contributed by atoms with E-state index in [2.05, 4.69) is 5.32 Å². The first-order valence-corrected chi connectivity index (χ1v) is 6.38. The molecule has 0 bridgehead atoms. The van der Waals surface area contributed by atoms with Crippen molar-refractivity contribution in [1.82, 2.24) is 0 Å². The molecule has 18 heavy (non-hydrogen) atoms. The summed E-state index contributed by atoms with van der Waals surface area (Å²) < 4.78 is 0. The Morgan fingerprint density at radius 3 is 2.22 bits per heavy atom. The minimum Gasteiger partial charge on any atom is -0.399 e. The number of anilines is 3. The van der Waals surface area contributed by atoms with E-state index in [9.17, 15) is 0 Å². The van der Waals surface area contributed by atoms with Gasteiger partial charge in [0.05, 0.1) is 20.8 Å². The lowest BCUT2D eigenvalue weighted by molar-refractivity contribution is 1.45. The molecule has 3 N–H and O–H groups in total. The zero-order valence-corrected chi connectivity index (χ0v) is 11.9. The number of benzene rings is 2. The van der Waals surface area contributed by atoms with E-state index >= 15 is 0 Å². The number of hydrogen-bond donors (Lipinski definition) is 2. The van der Waals surface area contributed by atoms with Crippen LogP contribution in [0.15, 0.2) is 30.3 Å². The minimum absolute atomic E-state index is 0.427. The van der Waals surface area contributed by atoms with Crippen LogP contribution in [-0.4, -0.2) is 0 Å². The zero-order valence-electron chi connectivity index (χ0n) is 9.60. The monoisotopic (exact) mass is 300 g/mol. The highest BCUT2D eigenvalue weighted by Gasteiger charge is 2.06. The van der Waals surface area contributed by atoms with E-state index in [0.717, 1.165) is 11.3 Å². The molecule has 0 atom stereocenters. The molecule has 0 aromatic heterocycles. The highest BCUT2D eigenvalue weighted by Crippen LogP contribution is 2.34. The third-order valence-corrected chi connectivity index (χ3v) is 3.42. The number of nitrogen functional groups attached to an aromatic ring is 1. The van der Waals surface area contributed by atoms with Crippen LogP contribution in [0.5, 0.6) is 0 Å². The summed E-state index contributed by atoms with van der Waals surface area (Å²) >= 11 is 17.9. The summed E-state index contributed by atoms with van der Waals surface area (Å²) in [6.45, 7) is 1.97. The second-order valence-electron chi connectivity index (χ2n) is 4.00. The van der Waals surface area contributed by atoms with Crippen LogP contribution in [0.1, 0.15) is 5.56 Å². The molecular formula is C13H11Cl3N2. The summed E-state index contributed by atoms with van der Waals surface area (Å²) in [7, 11) is 0. The number of nitrogens with two attached hydrogens (primary N) is 1. The average Bonchev–Trinajstić information content (AvgIpc) is 2.24. The number of nitrogens with one attached hydrogen (secondary N) is 1. The maximum Gasteiger partial charge on any atom is 0.0656 e. The van der Waals surface area contributed by atoms with Crippen LogP contribution < -0.4 is 11.1 Å². The molecule has 0 aliphatic heterocycles. The maximum atomic E-state index is 6.09. The lowest BCUT2D eigenvalue weighted by Crippen LogP contribution is -1.94. The zero-order chi connectivity index (χ0) is 13.3. The molecule has 0 fully saturated rings. The van der Waals surface area contributed by atoms with Crippen molar-refractivity contribution < 1.29 is 0 Å². The van der Waals surface area contributed by atoms with E-state index in [1.165, 1.54) is 0 Å². The van der Waals surface area contributed by atoms with Gasteiger partial charge < -0.3 is 11.1 Å². The molecule has 0 amide bonds. The van der Waals surface area contributed by atoms with Gasteiger partial charge in [-0.05, 0) is 42.8 Å². The van der Waals surface area contributed by atoms with Crippen LogP contribution in [0.3, 0.4) is 0 Å². The van der Waals surface area contributed by atoms with Gasteiger partial charge in [-0.3, -0.25) is 0 Å². The molecule has 0 saturated heterocycles. The first-order valence-electron chi connectivity index (χ1n) is 5.24. The molecule has 0 aliphatic rings. The Morgan fingerprint density at radius 1 is 0.889 bits per heavy atom. The minimum atomic E-state index is 0.427. The van der Waals surface area contributed by atoms with Crippen molar-refractivity contribution in [3.8, 4) is 0 Å². The SMILES string of the molecule is Cc1cc(N)cc(Nc2cc(Cl)c(Cl)cc2Cl)c1. The lowest BCUT2D eigenvalue weighted by Gasteiger charge is -2.11. The topological polar surface area (TPSA) is 38.0 Å². The van der Waals surface area contributed by atoms with Crippen molar-refractivity contribution in [2.24, 2.45) is 0 Å². The molecule has 0 spiro atoms. The van der Waals surface area contributed by atoms with E-state index in [1.54, 1.807) is 12.1 Å². The molecule has 0 saturated carbocycles. The largest absolute Gasteiger partial charge is 0.399 e. The predicted octanol–water partition coefficient (Wildman–Crippen LogP) is 5.28. The van der Waals surface area contributed by atoms with Crippen molar-refractivity contribution in [2.45, 2.75) is 6.92 Å². The van der Waals surface area contributed by atoms with Gasteiger partial charge in [0.1, 0.15) is 0 Å². The van der Waals surface area contributed by atoms with Gasteiger partial charge in [0.25, 0.3) is 0 Å². The van der Waals surface area contributed by atoms with Gasteiger partial charge in [-0.25, -0.2) is 0 Å². The summed E-state index contributed by atoms with van der Waals surface area (Å²) in [5.41, 5.74) is 9.08. The van der Waals surface area contributed by atoms with Gasteiger partial charge in [-0.15, -0.1) is 0 Å². The van der Waals surface area contributed by atoms with Crippen LogP contribution in [0.4, 0.5) is 17.1 Å². The second-order valence-corrected chi connectivity index (χ2v) is 5.23. The third-order valence-electron chi connectivity index (χ3n) is 2.39. The molecule has 0 heterocycles. The van der Waals surface area contributed by atoms with Gasteiger partial charge in [-0.1, -0.05) is 34.8 Å². The van der Waals surface area contributed by atoms with Crippen molar-refractivity contribution in [2.75, 3.05) is 11.1 Å².